The molecule has 0 aliphatic rings. The van der Waals surface area contributed by atoms with Crippen LogP contribution in [0.25, 0.3) is 0 Å². The van der Waals surface area contributed by atoms with Crippen LogP contribution in [0.1, 0.15) is 12.0 Å². The van der Waals surface area contributed by atoms with Crippen molar-refractivity contribution in [1.29, 1.82) is 0 Å². The Morgan fingerprint density at radius 1 is 1.46 bits per heavy atom. The van der Waals surface area contributed by atoms with Gasteiger partial charge in [0.15, 0.2) is 0 Å². The van der Waals surface area contributed by atoms with Gasteiger partial charge in [0.2, 0.25) is 0 Å². The second-order valence-electron chi connectivity index (χ2n) is 2.47. The lowest BCUT2D eigenvalue weighted by atomic mass is 10.2. The summed E-state index contributed by atoms with van der Waals surface area (Å²) in [5.41, 5.74) is 12.3. The molecule has 1 heterocycles. The predicted octanol–water partition coefficient (Wildman–Crippen LogP) is 0.917. The number of pyridine rings is 1. The fourth-order valence-electron chi connectivity index (χ4n) is 0.781. The monoisotopic (exact) mass is 193 g/mol. The molecular formula is C9H11N3S. The van der Waals surface area contributed by atoms with Crippen molar-refractivity contribution in [3.63, 3.8) is 0 Å². The van der Waals surface area contributed by atoms with Gasteiger partial charge in [-0.25, -0.2) is 4.98 Å². The molecule has 1 aromatic rings. The summed E-state index contributed by atoms with van der Waals surface area (Å²) in [6.45, 7) is 0. The average Bonchev–Trinajstić information content (AvgIpc) is 2.12. The molecule has 0 unspecified atom stereocenters. The molecule has 0 aromatic carbocycles. The van der Waals surface area contributed by atoms with Crippen molar-refractivity contribution in [3.8, 4) is 11.8 Å². The van der Waals surface area contributed by atoms with Gasteiger partial charge in [-0.1, -0.05) is 11.8 Å². The highest BCUT2D eigenvalue weighted by Gasteiger charge is 1.94. The molecule has 0 aliphatic heterocycles. The molecule has 4 N–H and O–H groups in total. The van der Waals surface area contributed by atoms with Crippen molar-refractivity contribution < 1.29 is 0 Å². The first-order chi connectivity index (χ1) is 6.24. The number of rotatable bonds is 1. The fourth-order valence-corrected chi connectivity index (χ4v) is 0.893. The van der Waals surface area contributed by atoms with E-state index in [1.54, 1.807) is 12.3 Å². The molecule has 68 valence electrons. The quantitative estimate of drug-likeness (QED) is 0.459. The van der Waals surface area contributed by atoms with Gasteiger partial charge >= 0.3 is 0 Å². The molecule has 4 heteroatoms. The van der Waals surface area contributed by atoms with E-state index >= 15 is 0 Å². The molecule has 0 saturated carbocycles. The zero-order chi connectivity index (χ0) is 9.68. The largest absolute Gasteiger partial charge is 0.396 e. The van der Waals surface area contributed by atoms with E-state index < -0.39 is 0 Å². The second-order valence-corrected chi connectivity index (χ2v) is 2.92. The summed E-state index contributed by atoms with van der Waals surface area (Å²) in [7, 11) is 0. The number of nitrogen functional groups attached to an aromatic ring is 2. The smallest absolute Gasteiger partial charge is 0.146 e. The van der Waals surface area contributed by atoms with Crippen LogP contribution in [0.15, 0.2) is 12.3 Å². The van der Waals surface area contributed by atoms with Crippen molar-refractivity contribution >= 4 is 24.1 Å². The van der Waals surface area contributed by atoms with Crippen LogP contribution in [-0.4, -0.2) is 10.7 Å². The Bertz CT molecular complexity index is 352. The summed E-state index contributed by atoms with van der Waals surface area (Å²) in [5, 5.41) is 0. The van der Waals surface area contributed by atoms with Crippen LogP contribution in [0.2, 0.25) is 0 Å². The number of hydrogen-bond acceptors (Lipinski definition) is 4. The first-order valence-corrected chi connectivity index (χ1v) is 4.48. The summed E-state index contributed by atoms with van der Waals surface area (Å²) >= 11 is 4.04. The number of hydrogen-bond donors (Lipinski definition) is 3. The van der Waals surface area contributed by atoms with Crippen LogP contribution in [0.5, 0.6) is 0 Å². The van der Waals surface area contributed by atoms with Gasteiger partial charge < -0.3 is 11.5 Å². The Morgan fingerprint density at radius 3 is 2.85 bits per heavy atom. The zero-order valence-electron chi connectivity index (χ0n) is 7.12. The highest BCUT2D eigenvalue weighted by atomic mass is 32.1. The lowest BCUT2D eigenvalue weighted by molar-refractivity contribution is 1.30. The summed E-state index contributed by atoms with van der Waals surface area (Å²) < 4.78 is 0. The van der Waals surface area contributed by atoms with E-state index in [1.165, 1.54) is 0 Å². The molecule has 0 bridgehead atoms. The third-order valence-corrected chi connectivity index (χ3v) is 1.64. The van der Waals surface area contributed by atoms with Crippen molar-refractivity contribution in [3.05, 3.63) is 17.8 Å². The topological polar surface area (TPSA) is 64.9 Å². The van der Waals surface area contributed by atoms with Gasteiger partial charge in [0, 0.05) is 23.9 Å². The van der Waals surface area contributed by atoms with Gasteiger partial charge in [0.05, 0.1) is 5.69 Å². The summed E-state index contributed by atoms with van der Waals surface area (Å²) in [4.78, 5) is 3.89. The van der Waals surface area contributed by atoms with Gasteiger partial charge in [-0.3, -0.25) is 0 Å². The van der Waals surface area contributed by atoms with Crippen LogP contribution in [-0.2, 0) is 0 Å². The van der Waals surface area contributed by atoms with Crippen LogP contribution >= 0.6 is 12.6 Å². The van der Waals surface area contributed by atoms with Crippen LogP contribution in [0, 0.1) is 11.8 Å². The van der Waals surface area contributed by atoms with Crippen molar-refractivity contribution in [2.24, 2.45) is 0 Å². The third-order valence-electron chi connectivity index (χ3n) is 1.42. The molecule has 0 saturated heterocycles. The van der Waals surface area contributed by atoms with Gasteiger partial charge in [-0.15, -0.1) is 0 Å². The van der Waals surface area contributed by atoms with E-state index in [-0.39, 0.29) is 0 Å². The molecule has 3 nitrogen and oxygen atoms in total. The van der Waals surface area contributed by atoms with E-state index in [2.05, 4.69) is 29.5 Å². The standard InChI is InChI=1S/C9H11N3S/c10-8-5-7(3-1-2-4-13)6-12-9(8)11/h5-6,13H,2,4,10H2,(H2,11,12). The molecule has 0 spiro atoms. The minimum absolute atomic E-state index is 0.347. The van der Waals surface area contributed by atoms with E-state index in [4.69, 9.17) is 11.5 Å². The van der Waals surface area contributed by atoms with Crippen LogP contribution in [0.4, 0.5) is 11.5 Å². The molecule has 0 atom stereocenters. The lowest BCUT2D eigenvalue weighted by Crippen LogP contribution is -1.97. The van der Waals surface area contributed by atoms with Crippen LogP contribution < -0.4 is 11.5 Å². The summed E-state index contributed by atoms with van der Waals surface area (Å²) in [6, 6.07) is 1.72. The van der Waals surface area contributed by atoms with E-state index in [1.807, 2.05) is 0 Å². The molecule has 0 aliphatic carbocycles. The van der Waals surface area contributed by atoms with E-state index in [0.717, 1.165) is 17.7 Å². The highest BCUT2D eigenvalue weighted by Crippen LogP contribution is 2.11. The third kappa shape index (κ3) is 2.88. The van der Waals surface area contributed by atoms with E-state index in [0.29, 0.717) is 11.5 Å². The zero-order valence-corrected chi connectivity index (χ0v) is 8.01. The maximum absolute atomic E-state index is 5.55. The first kappa shape index (κ1) is 9.75. The van der Waals surface area contributed by atoms with Gasteiger partial charge in [0.1, 0.15) is 5.82 Å². The molecule has 1 aromatic heterocycles. The molecule has 13 heavy (non-hydrogen) atoms. The molecule has 0 fully saturated rings. The minimum Gasteiger partial charge on any atom is -0.396 e. The normalized spacial score (nSPS) is 9.00. The second kappa shape index (κ2) is 4.63. The summed E-state index contributed by atoms with van der Waals surface area (Å²) in [5.74, 6) is 6.95. The lowest BCUT2D eigenvalue weighted by Gasteiger charge is -1.97. The molecule has 0 radical (unpaired) electrons. The number of nitrogens with zero attached hydrogens (tertiary/aromatic N) is 1. The Labute approximate surface area is 82.9 Å². The number of anilines is 2. The highest BCUT2D eigenvalue weighted by molar-refractivity contribution is 7.80. The fraction of sp³-hybridized carbons (Fsp3) is 0.222. The SMILES string of the molecule is Nc1cc(C#CCCS)cnc1N. The number of thiol groups is 1. The Kier molecular flexibility index (Phi) is 3.47. The Balaban J connectivity index is 2.81. The van der Waals surface area contributed by atoms with E-state index in [9.17, 15) is 0 Å². The predicted molar refractivity (Wildman–Crippen MR) is 58.4 cm³/mol. The Morgan fingerprint density at radius 2 is 2.23 bits per heavy atom. The number of aromatic nitrogens is 1. The molecular weight excluding hydrogens is 182 g/mol. The van der Waals surface area contributed by atoms with Crippen molar-refractivity contribution in [1.82, 2.24) is 4.98 Å². The maximum Gasteiger partial charge on any atom is 0.146 e. The van der Waals surface area contributed by atoms with Crippen molar-refractivity contribution in [2.75, 3.05) is 17.2 Å². The van der Waals surface area contributed by atoms with Crippen molar-refractivity contribution in [2.45, 2.75) is 6.42 Å². The van der Waals surface area contributed by atoms with Gasteiger partial charge in [0.25, 0.3) is 0 Å². The summed E-state index contributed by atoms with van der Waals surface area (Å²) in [6.07, 6.45) is 2.37. The molecule has 1 rings (SSSR count). The average molecular weight is 193 g/mol. The maximum atomic E-state index is 5.55. The Hall–Kier alpha value is -1.34. The van der Waals surface area contributed by atoms with Crippen LogP contribution in [0.3, 0.4) is 0 Å². The minimum atomic E-state index is 0.347. The molecule has 0 amide bonds. The van der Waals surface area contributed by atoms with Gasteiger partial charge in [-0.2, -0.15) is 12.6 Å². The number of nitrogens with two attached hydrogens (primary N) is 2. The van der Waals surface area contributed by atoms with Gasteiger partial charge in [-0.05, 0) is 6.07 Å². The first-order valence-electron chi connectivity index (χ1n) is 3.84.